The summed E-state index contributed by atoms with van der Waals surface area (Å²) < 4.78 is 0. The first-order valence-corrected chi connectivity index (χ1v) is 6.43. The van der Waals surface area contributed by atoms with Crippen molar-refractivity contribution in [1.29, 1.82) is 0 Å². The molecule has 1 N–H and O–H groups in total. The van der Waals surface area contributed by atoms with Gasteiger partial charge in [-0.25, -0.2) is 9.78 Å². The van der Waals surface area contributed by atoms with Crippen LogP contribution in [-0.2, 0) is 0 Å². The van der Waals surface area contributed by atoms with E-state index in [9.17, 15) is 4.79 Å². The van der Waals surface area contributed by atoms with Crippen molar-refractivity contribution in [2.24, 2.45) is 0 Å². The van der Waals surface area contributed by atoms with Crippen LogP contribution in [0, 0.1) is 0 Å². The second-order valence-electron chi connectivity index (χ2n) is 5.71. The summed E-state index contributed by atoms with van der Waals surface area (Å²) in [6, 6.07) is 0. The average molecular weight is 264 g/mol. The lowest BCUT2D eigenvalue weighted by molar-refractivity contribution is 0.0690. The van der Waals surface area contributed by atoms with Gasteiger partial charge in [0.05, 0.1) is 12.4 Å². The maximum atomic E-state index is 10.9. The molecule has 0 unspecified atom stereocenters. The van der Waals surface area contributed by atoms with E-state index < -0.39 is 5.97 Å². The van der Waals surface area contributed by atoms with Gasteiger partial charge in [-0.15, -0.1) is 0 Å². The van der Waals surface area contributed by atoms with E-state index in [1.807, 2.05) is 0 Å². The van der Waals surface area contributed by atoms with Crippen LogP contribution in [0.1, 0.15) is 31.3 Å². The molecule has 6 nitrogen and oxygen atoms in total. The summed E-state index contributed by atoms with van der Waals surface area (Å²) in [6.45, 7) is 10.2. The van der Waals surface area contributed by atoms with E-state index in [0.29, 0.717) is 5.82 Å². The second-order valence-corrected chi connectivity index (χ2v) is 5.71. The number of anilines is 1. The van der Waals surface area contributed by atoms with Crippen molar-refractivity contribution >= 4 is 11.8 Å². The third-order valence-electron chi connectivity index (χ3n) is 3.39. The summed E-state index contributed by atoms with van der Waals surface area (Å²) in [6.07, 6.45) is 2.90. The van der Waals surface area contributed by atoms with Gasteiger partial charge in [0.15, 0.2) is 5.69 Å². The minimum Gasteiger partial charge on any atom is -0.476 e. The van der Waals surface area contributed by atoms with Gasteiger partial charge in [0.25, 0.3) is 0 Å². The lowest BCUT2D eigenvalue weighted by atomic mass is 10.1. The Labute approximate surface area is 113 Å². The molecule has 0 saturated carbocycles. The molecule has 104 valence electrons. The maximum Gasteiger partial charge on any atom is 0.356 e. The van der Waals surface area contributed by atoms with Crippen LogP contribution in [0.4, 0.5) is 5.82 Å². The van der Waals surface area contributed by atoms with Gasteiger partial charge in [-0.05, 0) is 20.8 Å². The molecule has 19 heavy (non-hydrogen) atoms. The SMILES string of the molecule is CC(C)(C)N1CCN(c2cncc(C(=O)O)n2)CC1. The predicted molar refractivity (Wildman–Crippen MR) is 72.5 cm³/mol. The van der Waals surface area contributed by atoms with Crippen LogP contribution >= 0.6 is 0 Å². The first-order valence-electron chi connectivity index (χ1n) is 6.43. The summed E-state index contributed by atoms with van der Waals surface area (Å²) in [7, 11) is 0. The zero-order valence-corrected chi connectivity index (χ0v) is 11.6. The Morgan fingerprint density at radius 3 is 2.37 bits per heavy atom. The van der Waals surface area contributed by atoms with Gasteiger partial charge >= 0.3 is 5.97 Å². The second kappa shape index (κ2) is 5.13. The summed E-state index contributed by atoms with van der Waals surface area (Å²) in [4.78, 5) is 23.5. The van der Waals surface area contributed by atoms with Crippen LogP contribution in [0.3, 0.4) is 0 Å². The summed E-state index contributed by atoms with van der Waals surface area (Å²) >= 11 is 0. The van der Waals surface area contributed by atoms with Gasteiger partial charge in [-0.3, -0.25) is 9.88 Å². The smallest absolute Gasteiger partial charge is 0.356 e. The third kappa shape index (κ3) is 3.20. The highest BCUT2D eigenvalue weighted by atomic mass is 16.4. The Hall–Kier alpha value is -1.69. The van der Waals surface area contributed by atoms with Crippen molar-refractivity contribution < 1.29 is 9.90 Å². The van der Waals surface area contributed by atoms with Gasteiger partial charge in [-0.1, -0.05) is 0 Å². The molecule has 0 aliphatic carbocycles. The molecule has 1 saturated heterocycles. The van der Waals surface area contributed by atoms with Crippen molar-refractivity contribution in [2.75, 3.05) is 31.1 Å². The minimum absolute atomic E-state index is 0.00393. The Kier molecular flexibility index (Phi) is 3.71. The van der Waals surface area contributed by atoms with E-state index in [4.69, 9.17) is 5.11 Å². The van der Waals surface area contributed by atoms with Crippen molar-refractivity contribution in [1.82, 2.24) is 14.9 Å². The molecule has 2 rings (SSSR count). The number of nitrogens with zero attached hydrogens (tertiary/aromatic N) is 4. The van der Waals surface area contributed by atoms with Crippen LogP contribution in [0.5, 0.6) is 0 Å². The van der Waals surface area contributed by atoms with Gasteiger partial charge in [0, 0.05) is 31.7 Å². The molecule has 1 aromatic rings. The van der Waals surface area contributed by atoms with E-state index in [2.05, 4.69) is 40.5 Å². The summed E-state index contributed by atoms with van der Waals surface area (Å²) in [5.41, 5.74) is 0.163. The topological polar surface area (TPSA) is 69.6 Å². The van der Waals surface area contributed by atoms with Crippen LogP contribution in [0.15, 0.2) is 12.4 Å². The highest BCUT2D eigenvalue weighted by molar-refractivity contribution is 5.85. The number of hydrogen-bond acceptors (Lipinski definition) is 5. The van der Waals surface area contributed by atoms with E-state index >= 15 is 0 Å². The number of piperazine rings is 1. The number of aromatic nitrogens is 2. The van der Waals surface area contributed by atoms with Crippen LogP contribution in [0.25, 0.3) is 0 Å². The molecule has 1 aromatic heterocycles. The zero-order chi connectivity index (χ0) is 14.0. The Morgan fingerprint density at radius 2 is 1.84 bits per heavy atom. The van der Waals surface area contributed by atoms with E-state index in [1.165, 1.54) is 6.20 Å². The molecule has 0 bridgehead atoms. The summed E-state index contributed by atoms with van der Waals surface area (Å²) in [5.74, 6) is -0.392. The quantitative estimate of drug-likeness (QED) is 0.862. The van der Waals surface area contributed by atoms with Crippen LogP contribution in [-0.4, -0.2) is 57.7 Å². The normalized spacial score (nSPS) is 17.5. The van der Waals surface area contributed by atoms with Gasteiger partial charge in [-0.2, -0.15) is 0 Å². The molecule has 0 aromatic carbocycles. The van der Waals surface area contributed by atoms with Crippen molar-refractivity contribution in [3.63, 3.8) is 0 Å². The fraction of sp³-hybridized carbons (Fsp3) is 0.615. The molecular formula is C13H20N4O2. The number of hydrogen-bond donors (Lipinski definition) is 1. The average Bonchev–Trinajstić information content (AvgIpc) is 2.38. The first kappa shape index (κ1) is 13.7. The number of carboxylic acids is 1. The highest BCUT2D eigenvalue weighted by Gasteiger charge is 2.26. The number of carboxylic acid groups (broad SMARTS) is 1. The molecule has 6 heteroatoms. The molecule has 1 aliphatic heterocycles. The Balaban J connectivity index is 2.05. The monoisotopic (exact) mass is 264 g/mol. The van der Waals surface area contributed by atoms with Crippen molar-refractivity contribution in [3.8, 4) is 0 Å². The molecule has 0 radical (unpaired) electrons. The minimum atomic E-state index is -1.04. The van der Waals surface area contributed by atoms with Gasteiger partial charge in [0.2, 0.25) is 0 Å². The Bertz CT molecular complexity index is 462. The van der Waals surface area contributed by atoms with E-state index in [0.717, 1.165) is 26.2 Å². The van der Waals surface area contributed by atoms with Crippen LogP contribution in [0.2, 0.25) is 0 Å². The number of rotatable bonds is 2. The van der Waals surface area contributed by atoms with Crippen molar-refractivity contribution in [3.05, 3.63) is 18.1 Å². The number of carbonyl (C=O) groups is 1. The molecule has 0 atom stereocenters. The molecule has 0 spiro atoms. The first-order chi connectivity index (χ1) is 8.88. The standard InChI is InChI=1S/C13H20N4O2/c1-13(2,3)17-6-4-16(5-7-17)11-9-14-8-10(15-11)12(18)19/h8-9H,4-7H2,1-3H3,(H,18,19). The molecule has 1 fully saturated rings. The highest BCUT2D eigenvalue weighted by Crippen LogP contribution is 2.18. The molecule has 2 heterocycles. The molecule has 0 amide bonds. The molecule has 1 aliphatic rings. The summed E-state index contributed by atoms with van der Waals surface area (Å²) in [5, 5.41) is 8.93. The third-order valence-corrected chi connectivity index (χ3v) is 3.39. The Morgan fingerprint density at radius 1 is 1.21 bits per heavy atom. The fourth-order valence-corrected chi connectivity index (χ4v) is 2.22. The molecular weight excluding hydrogens is 244 g/mol. The van der Waals surface area contributed by atoms with E-state index in [1.54, 1.807) is 6.20 Å². The number of aromatic carboxylic acids is 1. The van der Waals surface area contributed by atoms with E-state index in [-0.39, 0.29) is 11.2 Å². The fourth-order valence-electron chi connectivity index (χ4n) is 2.22. The zero-order valence-electron chi connectivity index (χ0n) is 11.6. The predicted octanol–water partition coefficient (Wildman–Crippen LogP) is 1.10. The van der Waals surface area contributed by atoms with Crippen LogP contribution < -0.4 is 4.90 Å². The maximum absolute atomic E-state index is 10.9. The van der Waals surface area contributed by atoms with Gasteiger partial charge < -0.3 is 10.0 Å². The van der Waals surface area contributed by atoms with Gasteiger partial charge in [0.1, 0.15) is 5.82 Å². The lowest BCUT2D eigenvalue weighted by Gasteiger charge is -2.42. The largest absolute Gasteiger partial charge is 0.476 e. The van der Waals surface area contributed by atoms with Crippen molar-refractivity contribution in [2.45, 2.75) is 26.3 Å². The lowest BCUT2D eigenvalue weighted by Crippen LogP contribution is -2.53.